The molecule has 3 N–H and O–H groups in total. The molecule has 1 aliphatic rings. The molecule has 0 bridgehead atoms. The Morgan fingerprint density at radius 2 is 2.25 bits per heavy atom. The summed E-state index contributed by atoms with van der Waals surface area (Å²) >= 11 is 0. The van der Waals surface area contributed by atoms with E-state index in [1.54, 1.807) is 24.0 Å². The van der Waals surface area contributed by atoms with Gasteiger partial charge in [-0.1, -0.05) is 6.07 Å². The third-order valence-electron chi connectivity index (χ3n) is 3.89. The molecule has 24 heavy (non-hydrogen) atoms. The number of fused-ring (bicyclic) bond motifs is 1. The number of nitrogens with one attached hydrogen (secondary N) is 1. The van der Waals surface area contributed by atoms with Crippen LogP contribution in [0.25, 0.3) is 16.8 Å². The maximum absolute atomic E-state index is 5.61. The molecule has 0 aromatic carbocycles. The molecule has 1 unspecified atom stereocenters. The molecule has 126 valence electrons. The molecule has 4 rings (SSSR count). The predicted octanol–water partition coefficient (Wildman–Crippen LogP) is 1.76. The molecule has 3 aromatic rings. The number of nitrogens with two attached hydrogens (primary N) is 1. The van der Waals surface area contributed by atoms with Crippen LogP contribution in [0.4, 0.5) is 5.82 Å². The summed E-state index contributed by atoms with van der Waals surface area (Å²) in [6.45, 7) is 2.05. The minimum Gasteiger partial charge on any atom is -0.383 e. The van der Waals surface area contributed by atoms with Crippen LogP contribution >= 0.6 is 0 Å². The highest BCUT2D eigenvalue weighted by Gasteiger charge is 2.12. The average Bonchev–Trinajstić information content (AvgIpc) is 3.25. The Morgan fingerprint density at radius 1 is 1.33 bits per heavy atom. The summed E-state index contributed by atoms with van der Waals surface area (Å²) in [5, 5.41) is 7.57. The zero-order valence-electron chi connectivity index (χ0n) is 13.7. The van der Waals surface area contributed by atoms with Crippen molar-refractivity contribution in [1.82, 2.24) is 24.9 Å². The zero-order chi connectivity index (χ0) is 16.8. The standard InChI is InChI=1S/C11H9N5.C6H13NO/c12-11-7-13-6-9(15-11)8-5-14-16-4-2-1-3-10(8)16;1-8-5-6-3-2-4-7-6/h1-7H,(H2,12,15);6-7H,2-5H2,1H3. The Morgan fingerprint density at radius 3 is 3.00 bits per heavy atom. The van der Waals surface area contributed by atoms with Gasteiger partial charge in [0.25, 0.3) is 0 Å². The van der Waals surface area contributed by atoms with Crippen LogP contribution in [0, 0.1) is 0 Å². The first-order valence-electron chi connectivity index (χ1n) is 8.00. The smallest absolute Gasteiger partial charge is 0.142 e. The van der Waals surface area contributed by atoms with E-state index < -0.39 is 0 Å². The van der Waals surface area contributed by atoms with Crippen LogP contribution in [0.3, 0.4) is 0 Å². The molecule has 7 nitrogen and oxygen atoms in total. The van der Waals surface area contributed by atoms with Gasteiger partial charge in [0.1, 0.15) is 5.82 Å². The van der Waals surface area contributed by atoms with E-state index in [9.17, 15) is 0 Å². The van der Waals surface area contributed by atoms with Crippen LogP contribution in [0.15, 0.2) is 43.0 Å². The number of ether oxygens (including phenoxy) is 1. The highest BCUT2D eigenvalue weighted by atomic mass is 16.5. The number of nitrogen functional groups attached to an aromatic ring is 1. The number of anilines is 1. The van der Waals surface area contributed by atoms with Crippen molar-refractivity contribution in [2.75, 3.05) is 26.0 Å². The number of methoxy groups -OCH3 is 1. The quantitative estimate of drug-likeness (QED) is 0.762. The highest BCUT2D eigenvalue weighted by molar-refractivity contribution is 5.77. The molecular weight excluding hydrogens is 304 g/mol. The summed E-state index contributed by atoms with van der Waals surface area (Å²) < 4.78 is 6.76. The number of nitrogens with zero attached hydrogens (tertiary/aromatic N) is 4. The molecular formula is C17H22N6O. The van der Waals surface area contributed by atoms with Crippen molar-refractivity contribution in [1.29, 1.82) is 0 Å². The largest absolute Gasteiger partial charge is 0.383 e. The fraction of sp³-hybridized carbons (Fsp3) is 0.353. The number of rotatable bonds is 3. The van der Waals surface area contributed by atoms with Gasteiger partial charge in [0.15, 0.2) is 0 Å². The van der Waals surface area contributed by atoms with Gasteiger partial charge in [0.05, 0.1) is 36.4 Å². The first-order valence-corrected chi connectivity index (χ1v) is 8.00. The molecule has 0 spiro atoms. The van der Waals surface area contributed by atoms with Gasteiger partial charge in [0, 0.05) is 24.9 Å². The third kappa shape index (κ3) is 3.87. The Balaban J connectivity index is 0.000000179. The number of hydrogen-bond acceptors (Lipinski definition) is 6. The lowest BCUT2D eigenvalue weighted by Crippen LogP contribution is -2.25. The summed E-state index contributed by atoms with van der Waals surface area (Å²) in [4.78, 5) is 8.25. The minimum atomic E-state index is 0.410. The Kier molecular flexibility index (Phi) is 5.35. The monoisotopic (exact) mass is 326 g/mol. The summed E-state index contributed by atoms with van der Waals surface area (Å²) in [6, 6.07) is 6.50. The van der Waals surface area contributed by atoms with Crippen LogP contribution in [-0.2, 0) is 4.74 Å². The topological polar surface area (TPSA) is 90.4 Å². The number of hydrogen-bond donors (Lipinski definition) is 2. The molecule has 1 atom stereocenters. The third-order valence-corrected chi connectivity index (χ3v) is 3.89. The molecule has 7 heteroatoms. The van der Waals surface area contributed by atoms with E-state index in [0.717, 1.165) is 23.4 Å². The first kappa shape index (κ1) is 16.4. The van der Waals surface area contributed by atoms with E-state index >= 15 is 0 Å². The first-order chi connectivity index (χ1) is 11.8. The molecule has 0 radical (unpaired) electrons. The van der Waals surface area contributed by atoms with Crippen LogP contribution in [-0.4, -0.2) is 45.9 Å². The van der Waals surface area contributed by atoms with E-state index in [2.05, 4.69) is 20.4 Å². The van der Waals surface area contributed by atoms with Gasteiger partial charge in [-0.05, 0) is 31.5 Å². The van der Waals surface area contributed by atoms with Crippen molar-refractivity contribution < 1.29 is 4.74 Å². The summed E-state index contributed by atoms with van der Waals surface area (Å²) in [5.41, 5.74) is 8.26. The molecule has 0 amide bonds. The second kappa shape index (κ2) is 7.85. The van der Waals surface area contributed by atoms with Crippen LogP contribution in [0.5, 0.6) is 0 Å². The van der Waals surface area contributed by atoms with E-state index in [4.69, 9.17) is 10.5 Å². The van der Waals surface area contributed by atoms with Crippen molar-refractivity contribution in [3.63, 3.8) is 0 Å². The predicted molar refractivity (Wildman–Crippen MR) is 93.5 cm³/mol. The van der Waals surface area contributed by atoms with Gasteiger partial charge in [-0.15, -0.1) is 0 Å². The van der Waals surface area contributed by atoms with Gasteiger partial charge in [0.2, 0.25) is 0 Å². The highest BCUT2D eigenvalue weighted by Crippen LogP contribution is 2.21. The summed E-state index contributed by atoms with van der Waals surface area (Å²) in [5.74, 6) is 0.410. The lowest BCUT2D eigenvalue weighted by molar-refractivity contribution is 0.173. The second-order valence-corrected chi connectivity index (χ2v) is 5.67. The van der Waals surface area contributed by atoms with Crippen molar-refractivity contribution in [3.8, 4) is 11.3 Å². The van der Waals surface area contributed by atoms with Gasteiger partial charge >= 0.3 is 0 Å². The minimum absolute atomic E-state index is 0.410. The van der Waals surface area contributed by atoms with Gasteiger partial charge < -0.3 is 15.8 Å². The van der Waals surface area contributed by atoms with E-state index in [1.165, 1.54) is 25.6 Å². The van der Waals surface area contributed by atoms with E-state index in [-0.39, 0.29) is 0 Å². The maximum Gasteiger partial charge on any atom is 0.142 e. The summed E-state index contributed by atoms with van der Waals surface area (Å²) in [7, 11) is 1.75. The molecule has 1 fully saturated rings. The number of aromatic nitrogens is 4. The molecule has 1 saturated heterocycles. The Labute approximate surface area is 140 Å². The Hall–Kier alpha value is -2.51. The van der Waals surface area contributed by atoms with Crippen molar-refractivity contribution >= 4 is 11.3 Å². The lowest BCUT2D eigenvalue weighted by Gasteiger charge is -2.05. The molecule has 1 aliphatic heterocycles. The second-order valence-electron chi connectivity index (χ2n) is 5.67. The average molecular weight is 326 g/mol. The van der Waals surface area contributed by atoms with E-state index in [0.29, 0.717) is 11.9 Å². The fourth-order valence-electron chi connectivity index (χ4n) is 2.74. The molecule has 4 heterocycles. The SMILES string of the molecule is COCC1CCCN1.Nc1cncc(-c2cnn3ccccc23)n1. The molecule has 3 aromatic heterocycles. The summed E-state index contributed by atoms with van der Waals surface area (Å²) in [6.07, 6.45) is 9.45. The van der Waals surface area contributed by atoms with Crippen LogP contribution < -0.4 is 11.1 Å². The zero-order valence-corrected chi connectivity index (χ0v) is 13.7. The van der Waals surface area contributed by atoms with E-state index in [1.807, 2.05) is 24.4 Å². The normalized spacial score (nSPS) is 16.8. The van der Waals surface area contributed by atoms with Crippen LogP contribution in [0.2, 0.25) is 0 Å². The number of pyridine rings is 1. The fourth-order valence-corrected chi connectivity index (χ4v) is 2.74. The molecule has 0 saturated carbocycles. The maximum atomic E-state index is 5.61. The lowest BCUT2D eigenvalue weighted by atomic mass is 10.2. The van der Waals surface area contributed by atoms with Crippen molar-refractivity contribution in [2.45, 2.75) is 18.9 Å². The van der Waals surface area contributed by atoms with Gasteiger partial charge in [-0.3, -0.25) is 4.98 Å². The van der Waals surface area contributed by atoms with Crippen LogP contribution in [0.1, 0.15) is 12.8 Å². The van der Waals surface area contributed by atoms with Gasteiger partial charge in [-0.25, -0.2) is 9.50 Å². The van der Waals surface area contributed by atoms with Gasteiger partial charge in [-0.2, -0.15) is 5.10 Å². The molecule has 0 aliphatic carbocycles. The Bertz CT molecular complexity index is 781. The van der Waals surface area contributed by atoms with Crippen molar-refractivity contribution in [3.05, 3.63) is 43.0 Å². The van der Waals surface area contributed by atoms with Crippen molar-refractivity contribution in [2.24, 2.45) is 0 Å².